The van der Waals surface area contributed by atoms with E-state index in [4.69, 9.17) is 9.72 Å². The van der Waals surface area contributed by atoms with Crippen molar-refractivity contribution in [1.29, 1.82) is 0 Å². The Morgan fingerprint density at radius 2 is 1.94 bits per heavy atom. The fourth-order valence-corrected chi connectivity index (χ4v) is 4.13. The SMILES string of the molecule is CC(C)(O)COc1ccc(C=Cc2cc3c(ccc4c5c(nc43)CCCNC5=O)c[nH]2)cc1. The monoisotopic (exact) mass is 441 g/mol. The van der Waals surface area contributed by atoms with Gasteiger partial charge < -0.3 is 20.1 Å². The van der Waals surface area contributed by atoms with Crippen molar-refractivity contribution in [2.45, 2.75) is 32.3 Å². The molecule has 0 aliphatic carbocycles. The van der Waals surface area contributed by atoms with Crippen LogP contribution in [0.4, 0.5) is 0 Å². The first-order valence-electron chi connectivity index (χ1n) is 11.2. The van der Waals surface area contributed by atoms with E-state index in [1.165, 1.54) is 0 Å². The van der Waals surface area contributed by atoms with Crippen molar-refractivity contribution in [1.82, 2.24) is 15.3 Å². The molecule has 6 nitrogen and oxygen atoms in total. The lowest BCUT2D eigenvalue weighted by molar-refractivity contribution is 0.0285. The maximum Gasteiger partial charge on any atom is 0.253 e. The van der Waals surface area contributed by atoms with Crippen molar-refractivity contribution in [3.63, 3.8) is 0 Å². The van der Waals surface area contributed by atoms with Gasteiger partial charge in [0.1, 0.15) is 12.4 Å². The van der Waals surface area contributed by atoms with Gasteiger partial charge in [0.2, 0.25) is 0 Å². The second-order valence-corrected chi connectivity index (χ2v) is 9.15. The second-order valence-electron chi connectivity index (χ2n) is 9.15. The first-order chi connectivity index (χ1) is 15.9. The highest BCUT2D eigenvalue weighted by Crippen LogP contribution is 2.31. The molecule has 0 saturated heterocycles. The number of fused-ring (bicyclic) bond motifs is 5. The fraction of sp³-hybridized carbons (Fsp3) is 0.259. The van der Waals surface area contributed by atoms with E-state index in [0.29, 0.717) is 6.54 Å². The van der Waals surface area contributed by atoms with Crippen LogP contribution in [0.1, 0.15) is 47.6 Å². The Hall–Kier alpha value is -3.64. The first-order valence-corrected chi connectivity index (χ1v) is 11.2. The molecule has 0 unspecified atom stereocenters. The fourth-order valence-electron chi connectivity index (χ4n) is 4.13. The molecule has 0 fully saturated rings. The summed E-state index contributed by atoms with van der Waals surface area (Å²) in [5.74, 6) is 0.696. The number of aryl methyl sites for hydroxylation is 1. The van der Waals surface area contributed by atoms with Gasteiger partial charge in [-0.2, -0.15) is 0 Å². The molecule has 0 saturated carbocycles. The van der Waals surface area contributed by atoms with Gasteiger partial charge in [0.05, 0.1) is 22.4 Å². The summed E-state index contributed by atoms with van der Waals surface area (Å²) in [4.78, 5) is 20.8. The molecular weight excluding hydrogens is 414 g/mol. The molecule has 0 atom stereocenters. The quantitative estimate of drug-likeness (QED) is 0.419. The van der Waals surface area contributed by atoms with E-state index in [2.05, 4.69) is 16.4 Å². The lowest BCUT2D eigenvalue weighted by Gasteiger charge is -2.17. The van der Waals surface area contributed by atoms with E-state index >= 15 is 0 Å². The van der Waals surface area contributed by atoms with Crippen LogP contribution in [0.25, 0.3) is 33.8 Å². The predicted octanol–water partition coefficient (Wildman–Crippen LogP) is 4.71. The Morgan fingerprint density at radius 3 is 2.73 bits per heavy atom. The number of hydrogen-bond donors (Lipinski definition) is 3. The number of nitrogens with zero attached hydrogens (tertiary/aromatic N) is 1. The number of carbonyl (C=O) groups excluding carboxylic acids is 1. The molecule has 2 aromatic carbocycles. The van der Waals surface area contributed by atoms with E-state index in [1.54, 1.807) is 13.8 Å². The summed E-state index contributed by atoms with van der Waals surface area (Å²) in [5, 5.41) is 15.8. The smallest absolute Gasteiger partial charge is 0.253 e. The number of aromatic amines is 1. The summed E-state index contributed by atoms with van der Waals surface area (Å²) in [7, 11) is 0. The summed E-state index contributed by atoms with van der Waals surface area (Å²) in [6, 6.07) is 13.9. The van der Waals surface area contributed by atoms with Gasteiger partial charge in [0, 0.05) is 29.2 Å². The van der Waals surface area contributed by atoms with Gasteiger partial charge in [-0.15, -0.1) is 0 Å². The van der Waals surface area contributed by atoms with Gasteiger partial charge in [-0.3, -0.25) is 9.78 Å². The number of aromatic nitrogens is 2. The molecule has 6 heteroatoms. The third-order valence-electron chi connectivity index (χ3n) is 5.78. The van der Waals surface area contributed by atoms with Crippen LogP contribution in [0.2, 0.25) is 0 Å². The molecule has 3 heterocycles. The Labute approximate surface area is 192 Å². The third-order valence-corrected chi connectivity index (χ3v) is 5.78. The molecule has 0 radical (unpaired) electrons. The predicted molar refractivity (Wildman–Crippen MR) is 131 cm³/mol. The summed E-state index contributed by atoms with van der Waals surface area (Å²) < 4.78 is 5.61. The van der Waals surface area contributed by atoms with Crippen LogP contribution < -0.4 is 10.1 Å². The van der Waals surface area contributed by atoms with Crippen molar-refractivity contribution < 1.29 is 14.6 Å². The molecule has 0 bridgehead atoms. The van der Waals surface area contributed by atoms with Crippen LogP contribution >= 0.6 is 0 Å². The molecule has 33 heavy (non-hydrogen) atoms. The van der Waals surface area contributed by atoms with E-state index in [9.17, 15) is 9.90 Å². The molecule has 168 valence electrons. The van der Waals surface area contributed by atoms with Gasteiger partial charge in [0.25, 0.3) is 5.91 Å². The normalized spacial score (nSPS) is 14.5. The summed E-state index contributed by atoms with van der Waals surface area (Å²) in [5.41, 5.74) is 3.61. The zero-order valence-corrected chi connectivity index (χ0v) is 18.8. The Morgan fingerprint density at radius 1 is 1.12 bits per heavy atom. The van der Waals surface area contributed by atoms with E-state index in [-0.39, 0.29) is 12.5 Å². The van der Waals surface area contributed by atoms with Crippen molar-refractivity contribution in [2.75, 3.05) is 13.2 Å². The van der Waals surface area contributed by atoms with Crippen LogP contribution in [0, 0.1) is 0 Å². The Balaban J connectivity index is 1.43. The van der Waals surface area contributed by atoms with Crippen LogP contribution in [0.3, 0.4) is 0 Å². The number of hydrogen-bond acceptors (Lipinski definition) is 4. The minimum absolute atomic E-state index is 0.0260. The topological polar surface area (TPSA) is 87.2 Å². The number of rotatable bonds is 5. The van der Waals surface area contributed by atoms with Gasteiger partial charge in [-0.05, 0) is 61.9 Å². The zero-order chi connectivity index (χ0) is 23.0. The second kappa shape index (κ2) is 8.37. The average Bonchev–Trinajstić information content (AvgIpc) is 3.08. The molecule has 4 aromatic rings. The lowest BCUT2D eigenvalue weighted by Crippen LogP contribution is -2.27. The van der Waals surface area contributed by atoms with Crippen LogP contribution in [-0.4, -0.2) is 39.7 Å². The van der Waals surface area contributed by atoms with Crippen molar-refractivity contribution in [2.24, 2.45) is 0 Å². The van der Waals surface area contributed by atoms with Crippen LogP contribution in [-0.2, 0) is 6.42 Å². The number of amides is 1. The van der Waals surface area contributed by atoms with Crippen LogP contribution in [0.5, 0.6) is 5.75 Å². The number of carbonyl (C=O) groups is 1. The standard InChI is InChI=1S/C27H27N3O3/c1-27(2,32)16-33-20-10-6-17(7-11-20)5-9-19-14-22-18(15-29-19)8-12-21-24-23(30-25(21)22)4-3-13-28-26(24)31/h5-12,14-15,29,32H,3-4,13,16H2,1-2H3,(H,28,31). The van der Waals surface area contributed by atoms with E-state index in [0.717, 1.165) is 62.8 Å². The number of pyridine rings is 1. The minimum atomic E-state index is -0.866. The molecule has 1 aliphatic heterocycles. The highest BCUT2D eigenvalue weighted by Gasteiger charge is 2.22. The van der Waals surface area contributed by atoms with Crippen molar-refractivity contribution in [3.8, 4) is 5.75 Å². The molecule has 3 N–H and O–H groups in total. The first kappa shape index (κ1) is 21.2. The number of ether oxygens (including phenoxy) is 1. The summed E-state index contributed by atoms with van der Waals surface area (Å²) in [6.07, 6.45) is 7.74. The minimum Gasteiger partial charge on any atom is -0.491 e. The van der Waals surface area contributed by atoms with E-state index < -0.39 is 5.60 Å². The number of aliphatic hydroxyl groups is 1. The maximum atomic E-state index is 12.6. The van der Waals surface area contributed by atoms with Crippen molar-refractivity contribution in [3.05, 3.63) is 71.2 Å². The number of nitrogens with one attached hydrogen (secondary N) is 2. The molecule has 1 aliphatic rings. The van der Waals surface area contributed by atoms with Crippen molar-refractivity contribution >= 4 is 39.7 Å². The average molecular weight is 442 g/mol. The highest BCUT2D eigenvalue weighted by atomic mass is 16.5. The van der Waals surface area contributed by atoms with Gasteiger partial charge >= 0.3 is 0 Å². The number of H-pyrrole nitrogens is 1. The highest BCUT2D eigenvalue weighted by molar-refractivity contribution is 6.15. The Kier molecular flexibility index (Phi) is 5.38. The summed E-state index contributed by atoms with van der Waals surface area (Å²) in [6.45, 7) is 4.37. The van der Waals surface area contributed by atoms with E-state index in [1.807, 2.05) is 54.7 Å². The van der Waals surface area contributed by atoms with Gasteiger partial charge in [0.15, 0.2) is 0 Å². The Bertz CT molecular complexity index is 1360. The molecule has 0 spiro atoms. The lowest BCUT2D eigenvalue weighted by atomic mass is 10.0. The zero-order valence-electron chi connectivity index (χ0n) is 18.8. The summed E-state index contributed by atoms with van der Waals surface area (Å²) >= 11 is 0. The third kappa shape index (κ3) is 4.47. The molecule has 2 aromatic heterocycles. The molecular formula is C27H27N3O3. The maximum absolute atomic E-state index is 12.6. The molecule has 1 amide bonds. The van der Waals surface area contributed by atoms with Gasteiger partial charge in [-0.1, -0.05) is 30.3 Å². The van der Waals surface area contributed by atoms with Gasteiger partial charge in [-0.25, -0.2) is 0 Å². The largest absolute Gasteiger partial charge is 0.491 e. The van der Waals surface area contributed by atoms with Crippen LogP contribution in [0.15, 0.2) is 48.7 Å². The molecule has 5 rings (SSSR count). The number of benzene rings is 2.